The molecule has 0 aliphatic carbocycles. The first-order valence-corrected chi connectivity index (χ1v) is 9.74. The molecule has 1 atom stereocenters. The minimum Gasteiger partial charge on any atom is -0.616 e. The number of nitrogens with two attached hydrogens (primary N) is 1. The van der Waals surface area contributed by atoms with Crippen LogP contribution in [0.25, 0.3) is 5.57 Å². The number of carbonyl (C=O) groups excluding carboxylic acids is 1. The predicted molar refractivity (Wildman–Crippen MR) is 99.0 cm³/mol. The summed E-state index contributed by atoms with van der Waals surface area (Å²) in [4.78, 5) is 14.0. The lowest BCUT2D eigenvalue weighted by molar-refractivity contribution is 0.0273. The van der Waals surface area contributed by atoms with Crippen LogP contribution in [0.15, 0.2) is 24.3 Å². The van der Waals surface area contributed by atoms with Gasteiger partial charge in [-0.25, -0.2) is 4.79 Å². The number of benzene rings is 1. The van der Waals surface area contributed by atoms with Gasteiger partial charge in [-0.2, -0.15) is 0 Å². The molecule has 1 heterocycles. The highest BCUT2D eigenvalue weighted by molar-refractivity contribution is 7.89. The lowest BCUT2D eigenvalue weighted by atomic mass is 9.96. The first kappa shape index (κ1) is 18.7. The summed E-state index contributed by atoms with van der Waals surface area (Å²) in [5.41, 5.74) is 9.02. The molecule has 132 valence electrons. The minimum absolute atomic E-state index is 0.302. The predicted octanol–water partition coefficient (Wildman–Crippen LogP) is 3.17. The van der Waals surface area contributed by atoms with Crippen molar-refractivity contribution in [1.82, 2.24) is 4.90 Å². The molecule has 0 spiro atoms. The Morgan fingerprint density at radius 1 is 1.42 bits per heavy atom. The van der Waals surface area contributed by atoms with Gasteiger partial charge in [0.25, 0.3) is 0 Å². The summed E-state index contributed by atoms with van der Waals surface area (Å²) in [5.74, 6) is 0.449. The molecule has 1 amide bonds. The van der Waals surface area contributed by atoms with Gasteiger partial charge in [-0.3, -0.25) is 0 Å². The monoisotopic (exact) mass is 350 g/mol. The number of rotatable bonds is 3. The number of nitrogens with zero attached hydrogens (tertiary/aromatic N) is 1. The van der Waals surface area contributed by atoms with Gasteiger partial charge in [-0.05, 0) is 50.5 Å². The first-order valence-electron chi connectivity index (χ1n) is 8.01. The van der Waals surface area contributed by atoms with E-state index >= 15 is 0 Å². The van der Waals surface area contributed by atoms with E-state index in [0.29, 0.717) is 24.5 Å². The third kappa shape index (κ3) is 5.18. The molecule has 6 heteroatoms. The second-order valence-electron chi connectivity index (χ2n) is 7.05. The Kier molecular flexibility index (Phi) is 5.83. The molecule has 2 rings (SSSR count). The van der Waals surface area contributed by atoms with Gasteiger partial charge in [0.2, 0.25) is 0 Å². The van der Waals surface area contributed by atoms with E-state index in [9.17, 15) is 9.35 Å². The summed E-state index contributed by atoms with van der Waals surface area (Å²) in [6, 6.07) is 5.65. The molecule has 0 aromatic heterocycles. The van der Waals surface area contributed by atoms with Crippen molar-refractivity contribution in [3.05, 3.63) is 35.4 Å². The van der Waals surface area contributed by atoms with Gasteiger partial charge >= 0.3 is 6.09 Å². The van der Waals surface area contributed by atoms with Crippen molar-refractivity contribution in [1.29, 1.82) is 0 Å². The zero-order chi connectivity index (χ0) is 17.9. The third-order valence-electron chi connectivity index (χ3n) is 3.64. The fourth-order valence-corrected chi connectivity index (χ4v) is 3.36. The Morgan fingerprint density at radius 2 is 2.12 bits per heavy atom. The van der Waals surface area contributed by atoms with E-state index in [0.717, 1.165) is 23.1 Å². The van der Waals surface area contributed by atoms with Crippen LogP contribution in [0.5, 0.6) is 0 Å². The van der Waals surface area contributed by atoms with Gasteiger partial charge in [0, 0.05) is 24.3 Å². The molecule has 5 nitrogen and oxygen atoms in total. The Hall–Kier alpha value is -1.66. The van der Waals surface area contributed by atoms with E-state index in [1.54, 1.807) is 11.2 Å². The highest BCUT2D eigenvalue weighted by atomic mass is 32.2. The average Bonchev–Trinajstić information content (AvgIpc) is 2.45. The third-order valence-corrected chi connectivity index (χ3v) is 4.35. The number of ether oxygens (including phenoxy) is 1. The summed E-state index contributed by atoms with van der Waals surface area (Å²) >= 11 is -0.958. The molecular weight excluding hydrogens is 324 g/mol. The maximum Gasteiger partial charge on any atom is 0.410 e. The molecule has 2 N–H and O–H groups in total. The number of amides is 1. The maximum absolute atomic E-state index is 12.3. The molecule has 1 aliphatic heterocycles. The summed E-state index contributed by atoms with van der Waals surface area (Å²) in [7, 11) is 0. The van der Waals surface area contributed by atoms with Gasteiger partial charge < -0.3 is 19.9 Å². The topological polar surface area (TPSA) is 78.6 Å². The van der Waals surface area contributed by atoms with Crippen LogP contribution < -0.4 is 5.73 Å². The van der Waals surface area contributed by atoms with Crippen molar-refractivity contribution in [3.63, 3.8) is 0 Å². The molecule has 0 radical (unpaired) electrons. The first-order chi connectivity index (χ1) is 11.2. The van der Waals surface area contributed by atoms with Crippen molar-refractivity contribution in [2.24, 2.45) is 0 Å². The summed E-state index contributed by atoms with van der Waals surface area (Å²) in [5, 5.41) is 0. The maximum atomic E-state index is 12.3. The Morgan fingerprint density at radius 3 is 2.75 bits per heavy atom. The second-order valence-corrected chi connectivity index (χ2v) is 8.49. The summed E-state index contributed by atoms with van der Waals surface area (Å²) in [6.45, 7) is 6.71. The van der Waals surface area contributed by atoms with Crippen LogP contribution >= 0.6 is 0 Å². The smallest absolute Gasteiger partial charge is 0.410 e. The molecular formula is C18H26N2O3S. The lowest BCUT2D eigenvalue weighted by Crippen LogP contribution is -2.39. The van der Waals surface area contributed by atoms with E-state index in [1.165, 1.54) is 0 Å². The van der Waals surface area contributed by atoms with Gasteiger partial charge in [0.1, 0.15) is 11.4 Å². The minimum atomic E-state index is -0.958. The standard InChI is InChI=1S/C18H26N2O3S/c1-18(2,3)23-17(21)20-9-5-6-13(11-20)16-8-7-15(19)10-14(16)12-24(4)22/h6-8,10H,5,9,11-12,19H2,1-4H3. The van der Waals surface area contributed by atoms with Gasteiger partial charge in [-0.1, -0.05) is 23.3 Å². The number of carbonyl (C=O) groups is 1. The van der Waals surface area contributed by atoms with E-state index in [4.69, 9.17) is 10.5 Å². The second kappa shape index (κ2) is 7.49. The van der Waals surface area contributed by atoms with Crippen LogP contribution in [0.1, 0.15) is 38.3 Å². The molecule has 0 fully saturated rings. The van der Waals surface area contributed by atoms with Crippen LogP contribution in [0.4, 0.5) is 10.5 Å². The zero-order valence-corrected chi connectivity index (χ0v) is 15.6. The lowest BCUT2D eigenvalue weighted by Gasteiger charge is -2.31. The van der Waals surface area contributed by atoms with Crippen molar-refractivity contribution in [3.8, 4) is 0 Å². The van der Waals surface area contributed by atoms with Crippen LogP contribution in [0.2, 0.25) is 0 Å². The van der Waals surface area contributed by atoms with Crippen molar-refractivity contribution >= 4 is 28.5 Å². The molecule has 1 aromatic rings. The zero-order valence-electron chi connectivity index (χ0n) is 14.8. The summed E-state index contributed by atoms with van der Waals surface area (Å²) in [6.07, 6.45) is 4.28. The van der Waals surface area contributed by atoms with Gasteiger partial charge in [0.05, 0.1) is 6.26 Å². The largest absolute Gasteiger partial charge is 0.616 e. The normalized spacial score (nSPS) is 16.5. The molecule has 0 saturated heterocycles. The Labute approximate surface area is 147 Å². The van der Waals surface area contributed by atoms with Crippen molar-refractivity contribution < 1.29 is 14.1 Å². The molecule has 1 unspecified atom stereocenters. The number of anilines is 1. The van der Waals surface area contributed by atoms with Crippen LogP contribution in [0.3, 0.4) is 0 Å². The van der Waals surface area contributed by atoms with Crippen LogP contribution in [-0.2, 0) is 21.7 Å². The fraction of sp³-hybridized carbons (Fsp3) is 0.500. The Balaban J connectivity index is 2.21. The quantitative estimate of drug-likeness (QED) is 0.671. The number of nitrogen functional groups attached to an aromatic ring is 1. The SMILES string of the molecule is C[S+]([O-])Cc1cc(N)ccc1C1=CCCN(C(=O)OC(C)(C)C)C1. The van der Waals surface area contributed by atoms with Crippen LogP contribution in [-0.4, -0.2) is 40.5 Å². The molecule has 1 aromatic carbocycles. The molecule has 24 heavy (non-hydrogen) atoms. The molecule has 1 aliphatic rings. The van der Waals surface area contributed by atoms with Gasteiger partial charge in [0.15, 0.2) is 0 Å². The Bertz CT molecular complexity index is 636. The molecule has 0 saturated carbocycles. The van der Waals surface area contributed by atoms with E-state index in [2.05, 4.69) is 6.08 Å². The average molecular weight is 350 g/mol. The highest BCUT2D eigenvalue weighted by Crippen LogP contribution is 2.27. The molecule has 0 bridgehead atoms. The fourth-order valence-electron chi connectivity index (χ4n) is 2.69. The number of hydrogen-bond donors (Lipinski definition) is 1. The van der Waals surface area contributed by atoms with Crippen molar-refractivity contribution in [2.45, 2.75) is 38.5 Å². The summed E-state index contributed by atoms with van der Waals surface area (Å²) < 4.78 is 17.1. The van der Waals surface area contributed by atoms with Gasteiger partial charge in [-0.15, -0.1) is 0 Å². The number of hydrogen-bond acceptors (Lipinski definition) is 4. The van der Waals surface area contributed by atoms with Crippen LogP contribution in [0, 0.1) is 0 Å². The highest BCUT2D eigenvalue weighted by Gasteiger charge is 2.25. The van der Waals surface area contributed by atoms with E-state index in [1.807, 2.05) is 39.0 Å². The van der Waals surface area contributed by atoms with E-state index < -0.39 is 16.8 Å². The van der Waals surface area contributed by atoms with E-state index in [-0.39, 0.29) is 6.09 Å². The van der Waals surface area contributed by atoms with Crippen molar-refractivity contribution in [2.75, 3.05) is 25.1 Å².